The van der Waals surface area contributed by atoms with Crippen LogP contribution in [0.5, 0.6) is 0 Å². The van der Waals surface area contributed by atoms with E-state index in [2.05, 4.69) is 0 Å². The predicted octanol–water partition coefficient (Wildman–Crippen LogP) is 8.14. The van der Waals surface area contributed by atoms with Gasteiger partial charge in [0.25, 0.3) is 0 Å². The maximum atomic E-state index is 9.02. The fourth-order valence-electron chi connectivity index (χ4n) is 4.77. The summed E-state index contributed by atoms with van der Waals surface area (Å²) in [5, 5.41) is 2.16. The van der Waals surface area contributed by atoms with Crippen molar-refractivity contribution < 1.29 is 14.0 Å². The summed E-state index contributed by atoms with van der Waals surface area (Å²) < 4.78 is 67.2. The van der Waals surface area contributed by atoms with Crippen LogP contribution in [-0.2, 0) is 0 Å². The molecule has 4 nitrogen and oxygen atoms in total. The molecule has 0 saturated heterocycles. The van der Waals surface area contributed by atoms with Gasteiger partial charge in [-0.2, -0.15) is 0 Å². The number of fused-ring (bicyclic) bond motifs is 6. The molecule has 0 N–H and O–H groups in total. The Hall–Kier alpha value is -4.57. The second-order valence-electron chi connectivity index (χ2n) is 8.71. The molecule has 0 bridgehead atoms. The minimum absolute atomic E-state index is 0.128. The number of hydrogen-bond acceptors (Lipinski definition) is 4. The summed E-state index contributed by atoms with van der Waals surface area (Å²) in [5.74, 6) is 0.809. The van der Waals surface area contributed by atoms with Gasteiger partial charge >= 0.3 is 234 Å². The summed E-state index contributed by atoms with van der Waals surface area (Å²) in [6, 6.07) is 20.6. The van der Waals surface area contributed by atoms with Crippen LogP contribution in [0.4, 0.5) is 0 Å². The summed E-state index contributed by atoms with van der Waals surface area (Å²) in [7, 11) is 0. The fourth-order valence-corrected chi connectivity index (χ4v) is 7.00. The molecule has 0 atom stereocenters. The Bertz CT molecular complexity index is 2530. The Balaban J connectivity index is 1.51. The molecule has 3 heterocycles. The van der Waals surface area contributed by atoms with Crippen molar-refractivity contribution in [3.63, 3.8) is 0 Å². The van der Waals surface area contributed by atoms with E-state index >= 15 is 0 Å². The molecule has 38 heavy (non-hydrogen) atoms. The molecule has 0 saturated carbocycles. The summed E-state index contributed by atoms with van der Waals surface area (Å²) >= 11 is -0.712. The van der Waals surface area contributed by atoms with E-state index in [1.807, 2.05) is 72.8 Å². The van der Waals surface area contributed by atoms with Gasteiger partial charge < -0.3 is 0 Å². The molecule has 0 aliphatic rings. The Kier molecular flexibility index (Phi) is 3.49. The molecule has 3 aromatic heterocycles. The van der Waals surface area contributed by atoms with Crippen molar-refractivity contribution in [1.29, 1.82) is 0 Å². The number of nitrogens with zero attached hydrogens (tertiary/aromatic N) is 3. The number of aromatic nitrogens is 3. The third-order valence-electron chi connectivity index (χ3n) is 6.47. The molecule has 0 spiro atoms. The molecule has 0 radical (unpaired) electrons. The van der Waals surface area contributed by atoms with Gasteiger partial charge in [0.15, 0.2) is 0 Å². The van der Waals surface area contributed by atoms with Gasteiger partial charge in [0, 0.05) is 0 Å². The molecule has 8 aromatic rings. The Morgan fingerprint density at radius 3 is 2.24 bits per heavy atom. The van der Waals surface area contributed by atoms with Crippen molar-refractivity contribution in [2.45, 2.75) is 0 Å². The van der Waals surface area contributed by atoms with E-state index in [0.29, 0.717) is 42.5 Å². The van der Waals surface area contributed by atoms with E-state index in [1.54, 1.807) is 0 Å². The zero-order chi connectivity index (χ0) is 31.1. The van der Waals surface area contributed by atoms with Crippen LogP contribution in [0.2, 0.25) is 0 Å². The van der Waals surface area contributed by atoms with Gasteiger partial charge in [-0.1, -0.05) is 0 Å². The molecule has 8 rings (SSSR count). The van der Waals surface area contributed by atoms with Crippen LogP contribution < -0.4 is 0 Å². The summed E-state index contributed by atoms with van der Waals surface area (Å²) in [4.78, 5) is 14.6. The molecular weight excluding hydrogens is 533 g/mol. The third kappa shape index (κ3) is 3.33. The van der Waals surface area contributed by atoms with Crippen LogP contribution in [0.3, 0.4) is 0 Å². The van der Waals surface area contributed by atoms with E-state index in [9.17, 15) is 0 Å². The number of para-hydroxylation sites is 1. The SMILES string of the molecule is [2H]c1c([2H])c([2H])c2c([se]c3c(-c4nc(-c5ccccc5)nc(-c5cccc6oc7ccccc7c56)n4)c([2H])c([2H])c([2H])c32)c1[2H]. The molecule has 178 valence electrons. The van der Waals surface area contributed by atoms with Crippen molar-refractivity contribution in [3.8, 4) is 34.2 Å². The van der Waals surface area contributed by atoms with Gasteiger partial charge in [0.05, 0.1) is 0 Å². The van der Waals surface area contributed by atoms with E-state index in [0.717, 1.165) is 10.8 Å². The molecule has 0 aliphatic carbocycles. The van der Waals surface area contributed by atoms with Gasteiger partial charge in [0.1, 0.15) is 0 Å². The van der Waals surface area contributed by atoms with Crippen LogP contribution in [0, 0.1) is 0 Å². The average Bonchev–Trinajstić information content (AvgIpc) is 3.65. The summed E-state index contributed by atoms with van der Waals surface area (Å²) in [6.45, 7) is 0. The molecule has 0 aliphatic heterocycles. The van der Waals surface area contributed by atoms with E-state index in [4.69, 9.17) is 29.0 Å². The standard InChI is InChI=1S/C33H19N3OSe/c1-2-10-20(11-3-1)31-34-32(24-15-9-18-27-29(24)23-13-4-6-17-26(23)37-27)36-33(35-31)25-16-8-14-22-21-12-5-7-19-28(21)38-30(22)25/h1-19H/i5D,7D,8D,12D,14D,16D,19D. The zero-order valence-electron chi connectivity index (χ0n) is 26.6. The van der Waals surface area contributed by atoms with Gasteiger partial charge in [-0.3, -0.25) is 0 Å². The Morgan fingerprint density at radius 1 is 0.579 bits per heavy atom. The second-order valence-corrected chi connectivity index (χ2v) is 10.9. The van der Waals surface area contributed by atoms with Crippen LogP contribution in [-0.4, -0.2) is 29.5 Å². The first-order valence-electron chi connectivity index (χ1n) is 15.4. The molecule has 5 aromatic carbocycles. The van der Waals surface area contributed by atoms with Crippen molar-refractivity contribution in [2.75, 3.05) is 0 Å². The molecule has 0 amide bonds. The molecule has 0 unspecified atom stereocenters. The minimum atomic E-state index is -0.712. The molecular formula is C33H19N3OSe. The fraction of sp³-hybridized carbons (Fsp3) is 0. The van der Waals surface area contributed by atoms with E-state index < -0.39 is 20.5 Å². The van der Waals surface area contributed by atoms with Crippen LogP contribution in [0.25, 0.3) is 75.4 Å². The van der Waals surface area contributed by atoms with Crippen molar-refractivity contribution >= 4 is 55.7 Å². The topological polar surface area (TPSA) is 51.8 Å². The first-order valence-corrected chi connectivity index (χ1v) is 13.6. The Morgan fingerprint density at radius 2 is 1.32 bits per heavy atom. The van der Waals surface area contributed by atoms with Gasteiger partial charge in [0.2, 0.25) is 0 Å². The van der Waals surface area contributed by atoms with Crippen LogP contribution >= 0.6 is 0 Å². The maximum absolute atomic E-state index is 9.02. The number of hydrogen-bond donors (Lipinski definition) is 0. The number of rotatable bonds is 3. The molecule has 5 heteroatoms. The first-order chi connectivity index (χ1) is 21.7. The molecule has 0 fully saturated rings. The van der Waals surface area contributed by atoms with Gasteiger partial charge in [-0.05, 0) is 0 Å². The summed E-state index contributed by atoms with van der Waals surface area (Å²) in [5.41, 5.74) is 3.01. The van der Waals surface area contributed by atoms with Gasteiger partial charge in [-0.25, -0.2) is 0 Å². The average molecular weight is 560 g/mol. The predicted molar refractivity (Wildman–Crippen MR) is 155 cm³/mol. The first kappa shape index (κ1) is 15.6. The van der Waals surface area contributed by atoms with Crippen LogP contribution in [0.15, 0.2) is 120 Å². The van der Waals surface area contributed by atoms with Crippen molar-refractivity contribution in [1.82, 2.24) is 15.0 Å². The zero-order valence-corrected chi connectivity index (χ0v) is 21.3. The number of benzene rings is 5. The van der Waals surface area contributed by atoms with Crippen LogP contribution in [0.1, 0.15) is 9.60 Å². The second kappa shape index (κ2) is 8.49. The monoisotopic (exact) mass is 560 g/mol. The van der Waals surface area contributed by atoms with E-state index in [-0.39, 0.29) is 58.4 Å². The quantitative estimate of drug-likeness (QED) is 0.205. The third-order valence-corrected chi connectivity index (χ3v) is 8.83. The van der Waals surface area contributed by atoms with Crippen molar-refractivity contribution in [2.24, 2.45) is 0 Å². The van der Waals surface area contributed by atoms with Gasteiger partial charge in [-0.15, -0.1) is 0 Å². The van der Waals surface area contributed by atoms with Crippen molar-refractivity contribution in [3.05, 3.63) is 115 Å². The summed E-state index contributed by atoms with van der Waals surface area (Å²) in [6.07, 6.45) is 0. The number of furan rings is 1. The normalized spacial score (nSPS) is 14.3. The van der Waals surface area contributed by atoms with E-state index in [1.165, 1.54) is 0 Å². The Labute approximate surface area is 233 Å².